The molecular formula is C40H56O4P+. The largest absolute Gasteiger partial charge is 0.462 e. The number of hydrogen-bond donors (Lipinski definition) is 0. The summed E-state index contributed by atoms with van der Waals surface area (Å²) in [5, 5.41) is 1.00. The maximum absolute atomic E-state index is 11.5. The van der Waals surface area contributed by atoms with Gasteiger partial charge < -0.3 is 13.8 Å². The van der Waals surface area contributed by atoms with Gasteiger partial charge in [-0.25, -0.2) is 0 Å². The fourth-order valence-electron chi connectivity index (χ4n) is 5.05. The van der Waals surface area contributed by atoms with Gasteiger partial charge in [-0.1, -0.05) is 126 Å². The van der Waals surface area contributed by atoms with Crippen LogP contribution < -0.4 is 14.4 Å². The molecule has 0 aliphatic carbocycles. The monoisotopic (exact) mass is 631 g/mol. The van der Waals surface area contributed by atoms with Crippen LogP contribution in [0.1, 0.15) is 112 Å². The van der Waals surface area contributed by atoms with Crippen molar-refractivity contribution in [3.63, 3.8) is 0 Å². The van der Waals surface area contributed by atoms with Crippen molar-refractivity contribution in [3.05, 3.63) is 101 Å². The number of allylic oxidation sites excluding steroid dienone is 1. The first kappa shape index (κ1) is 36.4. The number of carbonyl (C=O) groups excluding carboxylic acids is 1. The molecule has 3 rings (SSSR count). The van der Waals surface area contributed by atoms with E-state index < -0.39 is 7.72 Å². The maximum atomic E-state index is 11.5. The van der Waals surface area contributed by atoms with E-state index in [-0.39, 0.29) is 34.2 Å². The lowest BCUT2D eigenvalue weighted by atomic mass is 9.80. The first-order chi connectivity index (χ1) is 20.6. The summed E-state index contributed by atoms with van der Waals surface area (Å²) in [6.07, 6.45) is 4.41. The predicted octanol–water partition coefficient (Wildman–Crippen LogP) is 10.6. The van der Waals surface area contributed by atoms with Gasteiger partial charge in [-0.05, 0) is 69.2 Å². The van der Waals surface area contributed by atoms with E-state index >= 15 is 0 Å². The highest BCUT2D eigenvalue weighted by Crippen LogP contribution is 2.61. The third-order valence-electron chi connectivity index (χ3n) is 7.84. The van der Waals surface area contributed by atoms with Gasteiger partial charge in [0.15, 0.2) is 23.0 Å². The Hall–Kier alpha value is -3.10. The van der Waals surface area contributed by atoms with Crippen LogP contribution in [0.5, 0.6) is 11.5 Å². The summed E-state index contributed by atoms with van der Waals surface area (Å²) >= 11 is 0. The summed E-state index contributed by atoms with van der Waals surface area (Å²) in [6, 6.07) is 23.5. The van der Waals surface area contributed by atoms with Crippen molar-refractivity contribution in [1.82, 2.24) is 0 Å². The van der Waals surface area contributed by atoms with Gasteiger partial charge in [-0.15, -0.1) is 0 Å². The third-order valence-corrected chi connectivity index (χ3v) is 10.6. The summed E-state index contributed by atoms with van der Waals surface area (Å²) in [5.74, 6) is 1.34. The molecule has 0 fully saturated rings. The van der Waals surface area contributed by atoms with Crippen LogP contribution in [0.15, 0.2) is 78.9 Å². The Kier molecular flexibility index (Phi) is 11.1. The number of esters is 1. The molecule has 0 bridgehead atoms. The normalized spacial score (nSPS) is 13.2. The van der Waals surface area contributed by atoms with Crippen molar-refractivity contribution in [3.8, 4) is 11.5 Å². The Labute approximate surface area is 274 Å². The predicted molar refractivity (Wildman–Crippen MR) is 193 cm³/mol. The molecule has 0 saturated heterocycles. The second-order valence-corrected chi connectivity index (χ2v) is 18.7. The van der Waals surface area contributed by atoms with Crippen molar-refractivity contribution in [1.29, 1.82) is 0 Å². The Morgan fingerprint density at radius 3 is 1.44 bits per heavy atom. The number of carbonyl (C=O) groups is 1. The lowest BCUT2D eigenvalue weighted by Gasteiger charge is -2.31. The highest BCUT2D eigenvalue weighted by molar-refractivity contribution is 7.75. The van der Waals surface area contributed by atoms with Gasteiger partial charge in [0.25, 0.3) is 0 Å². The zero-order valence-electron chi connectivity index (χ0n) is 30.0. The minimum absolute atomic E-state index is 0.00342. The summed E-state index contributed by atoms with van der Waals surface area (Å²) in [5.41, 5.74) is 4.46. The molecule has 5 heteroatoms. The molecule has 0 atom stereocenters. The van der Waals surface area contributed by atoms with Crippen LogP contribution in [0.3, 0.4) is 0 Å². The molecule has 244 valence electrons. The van der Waals surface area contributed by atoms with Crippen LogP contribution >= 0.6 is 7.72 Å². The van der Waals surface area contributed by atoms with E-state index in [0.29, 0.717) is 6.16 Å². The lowest BCUT2D eigenvalue weighted by Crippen LogP contribution is -2.27. The second kappa shape index (κ2) is 13.7. The number of benzene rings is 3. The molecule has 0 heterocycles. The van der Waals surface area contributed by atoms with Gasteiger partial charge in [-0.2, -0.15) is 0 Å². The number of ether oxygens (including phenoxy) is 1. The molecule has 45 heavy (non-hydrogen) atoms. The SMILES string of the molecule is CC(=O)OCC=CC[P+](Oc1ccc(C(C)(C)C)cc1C(C)(C)C)(Oc1ccc(C(C)(C)C)cc1C(C)(C)C)c1ccccc1. The Bertz CT molecular complexity index is 1400. The minimum Gasteiger partial charge on any atom is -0.462 e. The molecule has 0 spiro atoms. The topological polar surface area (TPSA) is 44.8 Å². The molecule has 0 unspecified atom stereocenters. The molecule has 0 saturated carbocycles. The van der Waals surface area contributed by atoms with Crippen LogP contribution in [0.4, 0.5) is 0 Å². The quantitative estimate of drug-likeness (QED) is 0.134. The van der Waals surface area contributed by atoms with Crippen LogP contribution in [0.2, 0.25) is 0 Å². The first-order valence-electron chi connectivity index (χ1n) is 16.0. The van der Waals surface area contributed by atoms with Crippen molar-refractivity contribution in [2.45, 2.75) is 112 Å². The molecule has 0 aromatic heterocycles. The second-order valence-electron chi connectivity index (χ2n) is 16.1. The molecule has 4 nitrogen and oxygen atoms in total. The third kappa shape index (κ3) is 9.69. The average molecular weight is 632 g/mol. The maximum Gasteiger partial charge on any atom is 0.400 e. The Morgan fingerprint density at radius 2 is 1.07 bits per heavy atom. The van der Waals surface area contributed by atoms with Gasteiger partial charge in [0, 0.05) is 18.1 Å². The molecule has 3 aromatic carbocycles. The number of rotatable bonds is 9. The molecule has 0 aliphatic heterocycles. The lowest BCUT2D eigenvalue weighted by molar-refractivity contribution is -0.139. The van der Waals surface area contributed by atoms with E-state index in [1.54, 1.807) is 0 Å². The highest BCUT2D eigenvalue weighted by atomic mass is 31.2. The fourth-order valence-corrected chi connectivity index (χ4v) is 7.66. The van der Waals surface area contributed by atoms with E-state index in [0.717, 1.165) is 27.9 Å². The zero-order chi connectivity index (χ0) is 33.8. The van der Waals surface area contributed by atoms with E-state index in [2.05, 4.69) is 132 Å². The molecule has 3 aromatic rings. The molecule has 0 amide bonds. The van der Waals surface area contributed by atoms with Crippen LogP contribution in [-0.2, 0) is 31.2 Å². The molecule has 0 N–H and O–H groups in total. The zero-order valence-corrected chi connectivity index (χ0v) is 30.9. The summed E-state index contributed by atoms with van der Waals surface area (Å²) in [4.78, 5) is 11.5. The van der Waals surface area contributed by atoms with Gasteiger partial charge in [0.1, 0.15) is 6.61 Å². The standard InChI is InChI=1S/C40H56O4P/c1-29(41)42-25-17-18-26-45(32-19-15-14-16-20-32,43-35-23-21-30(37(2,3)4)27-33(35)39(8,9)10)44-36-24-22-31(38(5,6)7)28-34(36)40(11,12)13/h14-24,27-28H,25-26H2,1-13H3/q+1. The van der Waals surface area contributed by atoms with Crippen molar-refractivity contribution in [2.24, 2.45) is 0 Å². The molecule has 0 aliphatic rings. The van der Waals surface area contributed by atoms with E-state index in [1.807, 2.05) is 30.4 Å². The van der Waals surface area contributed by atoms with Crippen molar-refractivity contribution in [2.75, 3.05) is 12.8 Å². The fraction of sp³-hybridized carbons (Fsp3) is 0.475. The van der Waals surface area contributed by atoms with Crippen LogP contribution in [-0.4, -0.2) is 18.7 Å². The van der Waals surface area contributed by atoms with Gasteiger partial charge in [0.05, 0.1) is 0 Å². The summed E-state index contributed by atoms with van der Waals surface area (Å²) in [6.45, 7) is 28.4. The minimum atomic E-state index is -2.89. The van der Waals surface area contributed by atoms with Gasteiger partial charge in [-0.3, -0.25) is 4.79 Å². The summed E-state index contributed by atoms with van der Waals surface area (Å²) < 4.78 is 19.9. The first-order valence-corrected chi connectivity index (χ1v) is 17.9. The van der Waals surface area contributed by atoms with Crippen molar-refractivity contribution < 1.29 is 18.6 Å². The highest BCUT2D eigenvalue weighted by Gasteiger charge is 2.49. The van der Waals surface area contributed by atoms with Crippen LogP contribution in [0.25, 0.3) is 0 Å². The van der Waals surface area contributed by atoms with Gasteiger partial charge >= 0.3 is 13.7 Å². The van der Waals surface area contributed by atoms with E-state index in [4.69, 9.17) is 13.8 Å². The van der Waals surface area contributed by atoms with Gasteiger partial charge in [0.2, 0.25) is 0 Å². The average Bonchev–Trinajstić information content (AvgIpc) is 2.91. The Morgan fingerprint density at radius 1 is 0.622 bits per heavy atom. The van der Waals surface area contributed by atoms with Crippen LogP contribution in [0, 0.1) is 0 Å². The van der Waals surface area contributed by atoms with E-state index in [1.165, 1.54) is 18.1 Å². The van der Waals surface area contributed by atoms with E-state index in [9.17, 15) is 4.79 Å². The summed E-state index contributed by atoms with van der Waals surface area (Å²) in [7, 11) is -2.89. The molecule has 0 radical (unpaired) electrons. The Balaban J connectivity index is 2.31. The number of hydrogen-bond acceptors (Lipinski definition) is 4. The smallest absolute Gasteiger partial charge is 0.400 e. The molecular weight excluding hydrogens is 575 g/mol. The van der Waals surface area contributed by atoms with Crippen molar-refractivity contribution >= 4 is 19.0 Å².